The van der Waals surface area contributed by atoms with Crippen molar-refractivity contribution in [3.05, 3.63) is 49.9 Å². The molecule has 3 N–H and O–H groups in total. The van der Waals surface area contributed by atoms with E-state index >= 15 is 0 Å². The summed E-state index contributed by atoms with van der Waals surface area (Å²) in [5, 5.41) is 13.4. The molecule has 0 spiro atoms. The van der Waals surface area contributed by atoms with Crippen LogP contribution in [-0.4, -0.2) is 23.3 Å². The number of amides is 2. The second-order valence-electron chi connectivity index (χ2n) is 6.55. The maximum Gasteiger partial charge on any atom is 0.420 e. The lowest BCUT2D eigenvalue weighted by molar-refractivity contribution is -0.385. The summed E-state index contributed by atoms with van der Waals surface area (Å²) in [7, 11) is 0. The first kappa shape index (κ1) is 21.6. The third-order valence-electron chi connectivity index (χ3n) is 4.51. The van der Waals surface area contributed by atoms with E-state index < -0.39 is 46.5 Å². The molecule has 12 heteroatoms. The number of thiophene rings is 1. The largest absolute Gasteiger partial charge is 0.483 e. The Hall–Kier alpha value is -3.15. The molecule has 2 amide bonds. The number of primary amides is 1. The molecule has 1 aromatic heterocycles. The number of hydrogen-bond acceptors (Lipinski definition) is 6. The van der Waals surface area contributed by atoms with Crippen molar-refractivity contribution in [1.29, 1.82) is 0 Å². The lowest BCUT2D eigenvalue weighted by Crippen LogP contribution is -2.23. The van der Waals surface area contributed by atoms with Gasteiger partial charge in [-0.3, -0.25) is 19.7 Å². The zero-order valence-corrected chi connectivity index (χ0v) is 16.2. The van der Waals surface area contributed by atoms with Gasteiger partial charge in [0, 0.05) is 17.0 Å². The Kier molecular flexibility index (Phi) is 5.97. The van der Waals surface area contributed by atoms with Gasteiger partial charge in [0.05, 0.1) is 10.5 Å². The van der Waals surface area contributed by atoms with Gasteiger partial charge in [-0.1, -0.05) is 0 Å². The van der Waals surface area contributed by atoms with Gasteiger partial charge in [-0.05, 0) is 37.3 Å². The summed E-state index contributed by atoms with van der Waals surface area (Å²) >= 11 is 1.21. The zero-order valence-electron chi connectivity index (χ0n) is 15.4. The average Bonchev–Trinajstić information content (AvgIpc) is 3.03. The van der Waals surface area contributed by atoms with E-state index in [0.717, 1.165) is 41.8 Å². The fraction of sp³-hybridized carbons (Fsp3) is 0.333. The number of nitro benzene ring substituents is 1. The van der Waals surface area contributed by atoms with Gasteiger partial charge in [0.2, 0.25) is 0 Å². The quantitative estimate of drug-likeness (QED) is 0.521. The number of anilines is 1. The fourth-order valence-corrected chi connectivity index (χ4v) is 4.51. The number of non-ortho nitro benzene ring substituents is 1. The van der Waals surface area contributed by atoms with Gasteiger partial charge in [-0.25, -0.2) is 0 Å². The maximum absolute atomic E-state index is 13.2. The number of nitrogens with two attached hydrogens (primary N) is 1. The number of nitrogens with zero attached hydrogens (tertiary/aromatic N) is 1. The number of carbonyl (C=O) groups excluding carboxylic acids is 2. The summed E-state index contributed by atoms with van der Waals surface area (Å²) in [6.45, 7) is -0.790. The molecule has 0 radical (unpaired) electrons. The molecule has 0 unspecified atom stereocenters. The van der Waals surface area contributed by atoms with Crippen LogP contribution >= 0.6 is 11.3 Å². The van der Waals surface area contributed by atoms with Gasteiger partial charge in [-0.2, -0.15) is 13.2 Å². The molecular weight excluding hydrogens is 427 g/mol. The van der Waals surface area contributed by atoms with Crippen LogP contribution in [0, 0.1) is 10.1 Å². The lowest BCUT2D eigenvalue weighted by Gasteiger charge is -2.14. The van der Waals surface area contributed by atoms with Gasteiger partial charge >= 0.3 is 6.18 Å². The van der Waals surface area contributed by atoms with Gasteiger partial charge in [0.15, 0.2) is 6.61 Å². The summed E-state index contributed by atoms with van der Waals surface area (Å²) in [5.74, 6) is -2.20. The van der Waals surface area contributed by atoms with Crippen LogP contribution in [0.1, 0.15) is 39.2 Å². The number of benzene rings is 1. The van der Waals surface area contributed by atoms with Crippen LogP contribution in [-0.2, 0) is 23.8 Å². The molecule has 0 fully saturated rings. The highest BCUT2D eigenvalue weighted by atomic mass is 32.1. The molecule has 3 rings (SSSR count). The molecule has 0 atom stereocenters. The molecule has 2 aromatic rings. The summed E-state index contributed by atoms with van der Waals surface area (Å²) < 4.78 is 44.5. The van der Waals surface area contributed by atoms with Gasteiger partial charge < -0.3 is 15.8 Å². The number of alkyl halides is 3. The number of hydrogen-bond donors (Lipinski definition) is 2. The van der Waals surface area contributed by atoms with Crippen molar-refractivity contribution in [2.24, 2.45) is 5.73 Å². The van der Waals surface area contributed by atoms with Gasteiger partial charge in [0.25, 0.3) is 17.5 Å². The smallest absolute Gasteiger partial charge is 0.420 e. The summed E-state index contributed by atoms with van der Waals surface area (Å²) in [5.41, 5.74) is 4.33. The van der Waals surface area contributed by atoms with Crippen molar-refractivity contribution in [2.75, 3.05) is 11.9 Å². The predicted molar refractivity (Wildman–Crippen MR) is 102 cm³/mol. The highest BCUT2D eigenvalue weighted by molar-refractivity contribution is 7.17. The third-order valence-corrected chi connectivity index (χ3v) is 5.72. The van der Waals surface area contributed by atoms with E-state index in [1.54, 1.807) is 0 Å². The molecule has 1 heterocycles. The van der Waals surface area contributed by atoms with Crippen molar-refractivity contribution in [3.63, 3.8) is 0 Å². The van der Waals surface area contributed by atoms with Crippen LogP contribution in [0.5, 0.6) is 5.75 Å². The zero-order chi connectivity index (χ0) is 22.1. The normalized spacial score (nSPS) is 13.4. The summed E-state index contributed by atoms with van der Waals surface area (Å²) in [6.07, 6.45) is -1.66. The summed E-state index contributed by atoms with van der Waals surface area (Å²) in [6, 6.07) is 1.97. The second-order valence-corrected chi connectivity index (χ2v) is 7.66. The van der Waals surface area contributed by atoms with E-state index in [0.29, 0.717) is 12.5 Å². The second kappa shape index (κ2) is 8.30. The first-order valence-electron chi connectivity index (χ1n) is 8.80. The molecular formula is C18H16F3N3O5S. The standard InChI is InChI=1S/C18H16F3N3O5S/c19-18(20,21)11-7-9(24(27)28)5-6-12(11)29-8-14(25)23-17-15(16(22)26)10-3-1-2-4-13(10)30-17/h5-7H,1-4,8H2,(H2,22,26)(H,23,25). The molecule has 0 saturated heterocycles. The molecule has 1 aliphatic rings. The topological polar surface area (TPSA) is 125 Å². The van der Waals surface area contributed by atoms with Gasteiger partial charge in [0.1, 0.15) is 16.3 Å². The Morgan fingerprint density at radius 3 is 2.60 bits per heavy atom. The SMILES string of the molecule is NC(=O)c1c(NC(=O)COc2ccc([N+](=O)[O-])cc2C(F)(F)F)sc2c1CCCC2. The minimum Gasteiger partial charge on any atom is -0.483 e. The first-order chi connectivity index (χ1) is 14.1. The van der Waals surface area contributed by atoms with Crippen LogP contribution in [0.2, 0.25) is 0 Å². The van der Waals surface area contributed by atoms with Crippen molar-refractivity contribution in [1.82, 2.24) is 0 Å². The molecule has 160 valence electrons. The van der Waals surface area contributed by atoms with E-state index in [1.807, 2.05) is 0 Å². The Bertz CT molecular complexity index is 1020. The van der Waals surface area contributed by atoms with E-state index in [2.05, 4.69) is 5.32 Å². The Morgan fingerprint density at radius 1 is 1.27 bits per heavy atom. The van der Waals surface area contributed by atoms with Gasteiger partial charge in [-0.15, -0.1) is 11.3 Å². The maximum atomic E-state index is 13.2. The molecule has 30 heavy (non-hydrogen) atoms. The monoisotopic (exact) mass is 443 g/mol. The van der Waals surface area contributed by atoms with Crippen LogP contribution in [0.15, 0.2) is 18.2 Å². The number of nitrogens with one attached hydrogen (secondary N) is 1. The van der Waals surface area contributed by atoms with E-state index in [-0.39, 0.29) is 10.6 Å². The van der Waals surface area contributed by atoms with E-state index in [4.69, 9.17) is 10.5 Å². The number of nitro groups is 1. The molecule has 0 bridgehead atoms. The lowest BCUT2D eigenvalue weighted by atomic mass is 9.95. The van der Waals surface area contributed by atoms with E-state index in [9.17, 15) is 32.9 Å². The third kappa shape index (κ3) is 4.53. The molecule has 1 aromatic carbocycles. The molecule has 0 saturated carbocycles. The van der Waals surface area contributed by atoms with Crippen LogP contribution in [0.25, 0.3) is 0 Å². The molecule has 1 aliphatic carbocycles. The number of aryl methyl sites for hydroxylation is 1. The predicted octanol–water partition coefficient (Wildman–Crippen LogP) is 3.67. The van der Waals surface area contributed by atoms with Crippen LogP contribution in [0.4, 0.5) is 23.9 Å². The Labute approximate surface area is 172 Å². The number of fused-ring (bicyclic) bond motifs is 1. The number of rotatable bonds is 6. The Morgan fingerprint density at radius 2 is 1.97 bits per heavy atom. The number of halogens is 3. The summed E-state index contributed by atoms with van der Waals surface area (Å²) in [4.78, 5) is 34.8. The highest BCUT2D eigenvalue weighted by Gasteiger charge is 2.36. The molecule has 8 nitrogen and oxygen atoms in total. The van der Waals surface area contributed by atoms with Crippen LogP contribution < -0.4 is 15.8 Å². The highest BCUT2D eigenvalue weighted by Crippen LogP contribution is 2.39. The minimum absolute atomic E-state index is 0.217. The average molecular weight is 443 g/mol. The van der Waals surface area contributed by atoms with Crippen LogP contribution in [0.3, 0.4) is 0 Å². The molecule has 0 aliphatic heterocycles. The van der Waals surface area contributed by atoms with Crippen molar-refractivity contribution in [2.45, 2.75) is 31.9 Å². The fourth-order valence-electron chi connectivity index (χ4n) is 3.20. The van der Waals surface area contributed by atoms with Crippen molar-refractivity contribution in [3.8, 4) is 5.75 Å². The Balaban J connectivity index is 1.77. The first-order valence-corrected chi connectivity index (χ1v) is 9.62. The number of carbonyl (C=O) groups is 2. The van der Waals surface area contributed by atoms with Crippen molar-refractivity contribution >= 4 is 33.8 Å². The number of ether oxygens (including phenoxy) is 1. The van der Waals surface area contributed by atoms with E-state index in [1.165, 1.54) is 11.3 Å². The minimum atomic E-state index is -4.91. The van der Waals surface area contributed by atoms with Crippen molar-refractivity contribution < 1.29 is 32.4 Å².